The Balaban J connectivity index is 1.73. The third-order valence-electron chi connectivity index (χ3n) is 4.23. The van der Waals surface area contributed by atoms with Crippen LogP contribution in [0.4, 0.5) is 0 Å². The van der Waals surface area contributed by atoms with Gasteiger partial charge in [-0.2, -0.15) is 0 Å². The lowest BCUT2D eigenvalue weighted by Gasteiger charge is -2.17. The molecule has 0 spiro atoms. The zero-order chi connectivity index (χ0) is 17.8. The molecule has 0 N–H and O–H groups in total. The van der Waals surface area contributed by atoms with Crippen molar-refractivity contribution in [3.8, 4) is 11.4 Å². The summed E-state index contributed by atoms with van der Waals surface area (Å²) in [5, 5.41) is 0. The van der Waals surface area contributed by atoms with Crippen molar-refractivity contribution in [2.24, 2.45) is 0 Å². The Morgan fingerprint density at radius 3 is 2.44 bits per heavy atom. The van der Waals surface area contributed by atoms with Crippen LogP contribution in [0.1, 0.15) is 11.1 Å². The predicted octanol–water partition coefficient (Wildman–Crippen LogP) is 4.41. The average Bonchev–Trinajstić information content (AvgIpc) is 2.96. The van der Waals surface area contributed by atoms with E-state index in [1.807, 2.05) is 36.7 Å². The second-order valence-electron chi connectivity index (χ2n) is 6.21. The van der Waals surface area contributed by atoms with Gasteiger partial charge in [0.05, 0.1) is 19.5 Å². The first kappa shape index (κ1) is 17.5. The van der Waals surface area contributed by atoms with Gasteiger partial charge in [-0.15, -0.1) is 0 Å². The maximum atomic E-state index is 5.67. The van der Waals surface area contributed by atoms with Crippen molar-refractivity contribution in [2.75, 3.05) is 14.2 Å². The van der Waals surface area contributed by atoms with Crippen LogP contribution in [0, 0.1) is 11.7 Å². The molecule has 0 fully saturated rings. The summed E-state index contributed by atoms with van der Waals surface area (Å²) < 4.78 is 10.2. The van der Waals surface area contributed by atoms with Gasteiger partial charge in [0.15, 0.2) is 4.77 Å². The number of aromatic nitrogens is 2. The van der Waals surface area contributed by atoms with Crippen molar-refractivity contribution in [2.45, 2.75) is 20.1 Å². The lowest BCUT2D eigenvalue weighted by molar-refractivity contribution is 0.258. The maximum absolute atomic E-state index is 5.67. The van der Waals surface area contributed by atoms with Crippen molar-refractivity contribution < 1.29 is 4.74 Å². The summed E-state index contributed by atoms with van der Waals surface area (Å²) in [5.41, 5.74) is 3.58. The summed E-state index contributed by atoms with van der Waals surface area (Å²) >= 11 is 5.67. The van der Waals surface area contributed by atoms with E-state index in [-0.39, 0.29) is 0 Å². The number of nitrogens with zero attached hydrogens (tertiary/aromatic N) is 3. The molecule has 0 aliphatic heterocycles. The van der Waals surface area contributed by atoms with Crippen molar-refractivity contribution in [1.29, 1.82) is 0 Å². The number of rotatable bonds is 6. The van der Waals surface area contributed by atoms with E-state index in [2.05, 4.69) is 52.3 Å². The molecule has 4 nitrogen and oxygen atoms in total. The van der Waals surface area contributed by atoms with Crippen LogP contribution in [0.15, 0.2) is 60.9 Å². The quantitative estimate of drug-likeness (QED) is 0.613. The molecular weight excluding hydrogens is 330 g/mol. The highest BCUT2D eigenvalue weighted by Crippen LogP contribution is 2.16. The highest BCUT2D eigenvalue weighted by Gasteiger charge is 2.07. The lowest BCUT2D eigenvalue weighted by Crippen LogP contribution is -2.21. The molecule has 0 radical (unpaired) electrons. The zero-order valence-corrected chi connectivity index (χ0v) is 15.7. The standard InChI is InChI=1S/C20H23N3OS/c1-16-6-4-5-7-19(16)23-13-12-22(20(23)25)15-21(2)14-17-8-10-18(24-3)11-9-17/h4-13H,14-15H2,1-3H3. The summed E-state index contributed by atoms with van der Waals surface area (Å²) in [6, 6.07) is 16.4. The average molecular weight is 353 g/mol. The summed E-state index contributed by atoms with van der Waals surface area (Å²) in [6.45, 7) is 3.69. The van der Waals surface area contributed by atoms with Gasteiger partial charge >= 0.3 is 0 Å². The second-order valence-corrected chi connectivity index (χ2v) is 6.58. The molecule has 0 bridgehead atoms. The van der Waals surface area contributed by atoms with E-state index in [1.165, 1.54) is 11.1 Å². The van der Waals surface area contributed by atoms with Crippen molar-refractivity contribution in [1.82, 2.24) is 14.0 Å². The van der Waals surface area contributed by atoms with Gasteiger partial charge in [-0.05, 0) is 55.5 Å². The molecule has 1 aromatic heterocycles. The van der Waals surface area contributed by atoms with Crippen LogP contribution >= 0.6 is 12.2 Å². The molecule has 3 rings (SSSR count). The minimum Gasteiger partial charge on any atom is -0.497 e. The van der Waals surface area contributed by atoms with E-state index in [0.717, 1.165) is 29.4 Å². The predicted molar refractivity (Wildman–Crippen MR) is 104 cm³/mol. The van der Waals surface area contributed by atoms with Gasteiger partial charge in [0.25, 0.3) is 0 Å². The number of methoxy groups -OCH3 is 1. The topological polar surface area (TPSA) is 22.3 Å². The largest absolute Gasteiger partial charge is 0.497 e. The van der Waals surface area contributed by atoms with Crippen LogP contribution in [0.5, 0.6) is 5.75 Å². The monoisotopic (exact) mass is 353 g/mol. The summed E-state index contributed by atoms with van der Waals surface area (Å²) in [5.74, 6) is 0.879. The molecule has 0 saturated carbocycles. The molecule has 0 aliphatic rings. The Labute approximate surface area is 153 Å². The van der Waals surface area contributed by atoms with Crippen LogP contribution in [-0.2, 0) is 13.2 Å². The first-order valence-corrected chi connectivity index (χ1v) is 8.64. The minimum absolute atomic E-state index is 0.740. The molecular formula is C20H23N3OS. The van der Waals surface area contributed by atoms with Crippen molar-refractivity contribution in [3.63, 3.8) is 0 Å². The maximum Gasteiger partial charge on any atom is 0.185 e. The fourth-order valence-corrected chi connectivity index (χ4v) is 3.17. The van der Waals surface area contributed by atoms with Crippen LogP contribution < -0.4 is 4.74 Å². The smallest absolute Gasteiger partial charge is 0.185 e. The number of para-hydroxylation sites is 1. The summed E-state index contributed by atoms with van der Waals surface area (Å²) in [4.78, 5) is 2.24. The van der Waals surface area contributed by atoms with Crippen LogP contribution in [0.25, 0.3) is 5.69 Å². The zero-order valence-electron chi connectivity index (χ0n) is 14.8. The van der Waals surface area contributed by atoms with Crippen molar-refractivity contribution >= 4 is 12.2 Å². The summed E-state index contributed by atoms with van der Waals surface area (Å²) in [6.07, 6.45) is 4.07. The number of ether oxygens (including phenoxy) is 1. The lowest BCUT2D eigenvalue weighted by atomic mass is 10.2. The van der Waals surface area contributed by atoms with Gasteiger partial charge in [0.2, 0.25) is 0 Å². The van der Waals surface area contributed by atoms with E-state index in [4.69, 9.17) is 17.0 Å². The van der Waals surface area contributed by atoms with Crippen molar-refractivity contribution in [3.05, 3.63) is 76.8 Å². The second kappa shape index (κ2) is 7.68. The van der Waals surface area contributed by atoms with E-state index in [1.54, 1.807) is 7.11 Å². The van der Waals surface area contributed by atoms with Gasteiger partial charge < -0.3 is 9.30 Å². The molecule has 25 heavy (non-hydrogen) atoms. The third-order valence-corrected chi connectivity index (χ3v) is 4.66. The van der Waals surface area contributed by atoms with Gasteiger partial charge in [-0.25, -0.2) is 0 Å². The van der Waals surface area contributed by atoms with E-state index in [9.17, 15) is 0 Å². The van der Waals surface area contributed by atoms with E-state index in [0.29, 0.717) is 0 Å². The molecule has 0 amide bonds. The SMILES string of the molecule is COc1ccc(CN(C)Cn2ccn(-c3ccccc3C)c2=S)cc1. The Morgan fingerprint density at radius 1 is 1.04 bits per heavy atom. The first-order chi connectivity index (χ1) is 12.1. The number of benzene rings is 2. The van der Waals surface area contributed by atoms with Gasteiger partial charge in [-0.3, -0.25) is 9.47 Å². The highest BCUT2D eigenvalue weighted by atomic mass is 32.1. The molecule has 5 heteroatoms. The molecule has 0 atom stereocenters. The normalized spacial score (nSPS) is 11.0. The number of aryl methyl sites for hydroxylation is 1. The number of hydrogen-bond donors (Lipinski definition) is 0. The van der Waals surface area contributed by atoms with E-state index < -0.39 is 0 Å². The minimum atomic E-state index is 0.740. The van der Waals surface area contributed by atoms with Gasteiger partial charge in [0.1, 0.15) is 5.75 Å². The Kier molecular flexibility index (Phi) is 5.36. The molecule has 2 aromatic carbocycles. The molecule has 0 unspecified atom stereocenters. The van der Waals surface area contributed by atoms with Crippen LogP contribution in [-0.4, -0.2) is 28.2 Å². The van der Waals surface area contributed by atoms with Crippen LogP contribution in [0.3, 0.4) is 0 Å². The molecule has 0 aliphatic carbocycles. The Hall–Kier alpha value is -2.37. The van der Waals surface area contributed by atoms with Gasteiger partial charge in [-0.1, -0.05) is 30.3 Å². The Bertz CT molecular complexity index is 896. The Morgan fingerprint density at radius 2 is 1.76 bits per heavy atom. The highest BCUT2D eigenvalue weighted by molar-refractivity contribution is 7.71. The third kappa shape index (κ3) is 4.00. The number of imidazole rings is 1. The molecule has 1 heterocycles. The summed E-state index contributed by atoms with van der Waals surface area (Å²) in [7, 11) is 3.78. The molecule has 0 saturated heterocycles. The fraction of sp³-hybridized carbons (Fsp3) is 0.250. The van der Waals surface area contributed by atoms with Gasteiger partial charge in [0, 0.05) is 18.9 Å². The first-order valence-electron chi connectivity index (χ1n) is 8.24. The molecule has 3 aromatic rings. The fourth-order valence-electron chi connectivity index (χ4n) is 2.89. The number of hydrogen-bond acceptors (Lipinski definition) is 3. The molecule has 130 valence electrons. The van der Waals surface area contributed by atoms with E-state index >= 15 is 0 Å². The van der Waals surface area contributed by atoms with Crippen LogP contribution in [0.2, 0.25) is 0 Å².